The monoisotopic (exact) mass is 414 g/mol. The maximum atomic E-state index is 12.9. The minimum Gasteiger partial charge on any atom is -0.308 e. The summed E-state index contributed by atoms with van der Waals surface area (Å²) in [4.78, 5) is 12.9. The smallest absolute Gasteiger partial charge is 0.244 e. The molecule has 3 rings (SSSR count). The highest BCUT2D eigenvalue weighted by Gasteiger charge is 2.29. The van der Waals surface area contributed by atoms with Gasteiger partial charge in [-0.15, -0.1) is 0 Å². The van der Waals surface area contributed by atoms with Crippen LogP contribution in [0, 0.1) is 5.92 Å². The molecule has 0 fully saturated rings. The molecule has 0 aliphatic heterocycles. The summed E-state index contributed by atoms with van der Waals surface area (Å²) in [7, 11) is -3.88. The van der Waals surface area contributed by atoms with Gasteiger partial charge in [-0.2, -0.15) is 9.82 Å². The van der Waals surface area contributed by atoms with E-state index >= 15 is 0 Å². The van der Waals surface area contributed by atoms with Crippen LogP contribution in [-0.2, 0) is 14.8 Å². The van der Waals surface area contributed by atoms with Gasteiger partial charge in [-0.3, -0.25) is 9.89 Å². The average molecular weight is 415 g/mol. The molecule has 1 aromatic heterocycles. The Labute approximate surface area is 171 Å². The standard InChI is InChI=1S/C21H26N4O3S/c1-13(2)18-12-19(24-23-18)22-21(26)20(14(3)4)25-29(27,28)17-10-9-15-7-5-6-8-16(15)11-17/h5-14,20,25H,1-4H3,(H2,22,23,24,26). The van der Waals surface area contributed by atoms with Crippen LogP contribution in [0.1, 0.15) is 39.3 Å². The van der Waals surface area contributed by atoms with Crippen LogP contribution < -0.4 is 10.0 Å². The maximum absolute atomic E-state index is 12.9. The minimum atomic E-state index is -3.88. The number of benzene rings is 2. The van der Waals surface area contributed by atoms with Gasteiger partial charge in [0.05, 0.1) is 4.90 Å². The lowest BCUT2D eigenvalue weighted by atomic mass is 10.1. The molecule has 8 heteroatoms. The Morgan fingerprint density at radius 2 is 1.69 bits per heavy atom. The molecule has 0 spiro atoms. The fraction of sp³-hybridized carbons (Fsp3) is 0.333. The molecule has 0 aliphatic rings. The Hall–Kier alpha value is -2.71. The second kappa shape index (κ2) is 8.34. The number of aromatic amines is 1. The topological polar surface area (TPSA) is 104 Å². The van der Waals surface area contributed by atoms with E-state index in [1.807, 2.05) is 38.1 Å². The minimum absolute atomic E-state index is 0.122. The van der Waals surface area contributed by atoms with Crippen molar-refractivity contribution in [1.82, 2.24) is 14.9 Å². The number of fused-ring (bicyclic) bond motifs is 1. The van der Waals surface area contributed by atoms with Gasteiger partial charge in [-0.05, 0) is 34.7 Å². The fourth-order valence-electron chi connectivity index (χ4n) is 2.96. The largest absolute Gasteiger partial charge is 0.308 e. The molecule has 0 radical (unpaired) electrons. The zero-order chi connectivity index (χ0) is 21.2. The number of aromatic nitrogens is 2. The third-order valence-corrected chi connectivity index (χ3v) is 6.17. The number of anilines is 1. The Balaban J connectivity index is 1.81. The van der Waals surface area contributed by atoms with E-state index < -0.39 is 22.0 Å². The van der Waals surface area contributed by atoms with E-state index in [1.54, 1.807) is 38.1 Å². The van der Waals surface area contributed by atoms with Crippen molar-refractivity contribution in [1.29, 1.82) is 0 Å². The van der Waals surface area contributed by atoms with Crippen LogP contribution in [0.5, 0.6) is 0 Å². The van der Waals surface area contributed by atoms with Crippen molar-refractivity contribution < 1.29 is 13.2 Å². The van der Waals surface area contributed by atoms with E-state index in [0.717, 1.165) is 16.5 Å². The number of nitrogens with one attached hydrogen (secondary N) is 3. The van der Waals surface area contributed by atoms with Gasteiger partial charge in [-0.1, -0.05) is 58.0 Å². The molecule has 0 saturated carbocycles. The Bertz CT molecular complexity index is 1120. The highest BCUT2D eigenvalue weighted by atomic mass is 32.2. The summed E-state index contributed by atoms with van der Waals surface area (Å²) in [5, 5.41) is 11.4. The maximum Gasteiger partial charge on any atom is 0.244 e. The second-order valence-corrected chi connectivity index (χ2v) is 9.42. The summed E-state index contributed by atoms with van der Waals surface area (Å²) in [5.74, 6) is -0.102. The third kappa shape index (κ3) is 4.83. The van der Waals surface area contributed by atoms with Crippen LogP contribution in [0.2, 0.25) is 0 Å². The zero-order valence-corrected chi connectivity index (χ0v) is 17.7. The van der Waals surface area contributed by atoms with E-state index in [9.17, 15) is 13.2 Å². The molecular formula is C21H26N4O3S. The number of sulfonamides is 1. The Morgan fingerprint density at radius 1 is 1.00 bits per heavy atom. The summed E-state index contributed by atoms with van der Waals surface area (Å²) in [6.45, 7) is 7.59. The molecular weight excluding hydrogens is 388 g/mol. The highest BCUT2D eigenvalue weighted by molar-refractivity contribution is 7.89. The van der Waals surface area contributed by atoms with Gasteiger partial charge in [0.2, 0.25) is 15.9 Å². The molecule has 1 atom stereocenters. The fourth-order valence-corrected chi connectivity index (χ4v) is 4.34. The lowest BCUT2D eigenvalue weighted by Crippen LogP contribution is -2.47. The summed E-state index contributed by atoms with van der Waals surface area (Å²) in [6.07, 6.45) is 0. The number of amides is 1. The molecule has 29 heavy (non-hydrogen) atoms. The summed E-state index contributed by atoms with van der Waals surface area (Å²) in [5.41, 5.74) is 0.887. The molecule has 0 aliphatic carbocycles. The molecule has 1 heterocycles. The summed E-state index contributed by atoms with van der Waals surface area (Å²) in [6, 6.07) is 13.2. The van der Waals surface area contributed by atoms with E-state index in [4.69, 9.17) is 0 Å². The zero-order valence-electron chi connectivity index (χ0n) is 16.9. The summed E-state index contributed by atoms with van der Waals surface area (Å²) < 4.78 is 28.4. The molecule has 2 aromatic carbocycles. The number of carbonyl (C=O) groups excluding carboxylic acids is 1. The van der Waals surface area contributed by atoms with Crippen molar-refractivity contribution in [2.24, 2.45) is 5.92 Å². The van der Waals surface area contributed by atoms with Crippen molar-refractivity contribution in [2.75, 3.05) is 5.32 Å². The van der Waals surface area contributed by atoms with E-state index in [-0.39, 0.29) is 16.7 Å². The van der Waals surface area contributed by atoms with Crippen molar-refractivity contribution in [3.05, 3.63) is 54.2 Å². The first-order valence-corrected chi connectivity index (χ1v) is 11.0. The van der Waals surface area contributed by atoms with Crippen molar-refractivity contribution in [3.8, 4) is 0 Å². The number of rotatable bonds is 7. The number of H-pyrrole nitrogens is 1. The van der Waals surface area contributed by atoms with Crippen LogP contribution in [0.15, 0.2) is 53.4 Å². The van der Waals surface area contributed by atoms with Crippen molar-refractivity contribution >= 4 is 32.5 Å². The van der Waals surface area contributed by atoms with Gasteiger partial charge < -0.3 is 5.32 Å². The predicted molar refractivity (Wildman–Crippen MR) is 114 cm³/mol. The van der Waals surface area contributed by atoms with E-state index in [1.165, 1.54) is 0 Å². The van der Waals surface area contributed by atoms with Crippen LogP contribution in [0.25, 0.3) is 10.8 Å². The predicted octanol–water partition coefficient (Wildman–Crippen LogP) is 3.63. The lowest BCUT2D eigenvalue weighted by Gasteiger charge is -2.21. The molecule has 7 nitrogen and oxygen atoms in total. The lowest BCUT2D eigenvalue weighted by molar-refractivity contribution is -0.118. The quantitative estimate of drug-likeness (QED) is 0.549. The SMILES string of the molecule is CC(C)c1cc(NC(=O)C(NS(=O)(=O)c2ccc3ccccc3c2)C(C)C)n[nH]1. The highest BCUT2D eigenvalue weighted by Crippen LogP contribution is 2.20. The van der Waals surface area contributed by atoms with Gasteiger partial charge in [0, 0.05) is 11.8 Å². The Kier molecular flexibility index (Phi) is 6.04. The number of carbonyl (C=O) groups is 1. The van der Waals surface area contributed by atoms with E-state index in [2.05, 4.69) is 20.2 Å². The molecule has 1 amide bonds. The first-order chi connectivity index (χ1) is 13.7. The van der Waals surface area contributed by atoms with Crippen LogP contribution in [0.3, 0.4) is 0 Å². The first-order valence-electron chi connectivity index (χ1n) is 9.54. The van der Waals surface area contributed by atoms with Crippen molar-refractivity contribution in [3.63, 3.8) is 0 Å². The van der Waals surface area contributed by atoms with E-state index in [0.29, 0.717) is 5.82 Å². The molecule has 1 unspecified atom stereocenters. The van der Waals surface area contributed by atoms with Crippen LogP contribution in [-0.4, -0.2) is 30.6 Å². The molecule has 0 saturated heterocycles. The number of hydrogen-bond acceptors (Lipinski definition) is 4. The molecule has 3 N–H and O–H groups in total. The second-order valence-electron chi connectivity index (χ2n) is 7.70. The van der Waals surface area contributed by atoms with Crippen LogP contribution in [0.4, 0.5) is 5.82 Å². The van der Waals surface area contributed by atoms with Gasteiger partial charge in [-0.25, -0.2) is 8.42 Å². The summed E-state index contributed by atoms with van der Waals surface area (Å²) >= 11 is 0. The first kappa shape index (κ1) is 21.0. The molecule has 0 bridgehead atoms. The molecule has 3 aromatic rings. The molecule has 154 valence electrons. The third-order valence-electron chi connectivity index (χ3n) is 4.73. The van der Waals surface area contributed by atoms with Gasteiger partial charge in [0.25, 0.3) is 0 Å². The normalized spacial score (nSPS) is 13.2. The number of hydrogen-bond donors (Lipinski definition) is 3. The van der Waals surface area contributed by atoms with Gasteiger partial charge in [0.1, 0.15) is 6.04 Å². The van der Waals surface area contributed by atoms with Gasteiger partial charge in [0.15, 0.2) is 5.82 Å². The number of nitrogens with zero attached hydrogens (tertiary/aromatic N) is 1. The van der Waals surface area contributed by atoms with Crippen molar-refractivity contribution in [2.45, 2.75) is 44.6 Å². The van der Waals surface area contributed by atoms with Gasteiger partial charge >= 0.3 is 0 Å². The average Bonchev–Trinajstić information content (AvgIpc) is 3.14. The van der Waals surface area contributed by atoms with Crippen LogP contribution >= 0.6 is 0 Å². The Morgan fingerprint density at radius 3 is 2.31 bits per heavy atom.